The molecule has 138 valence electrons. The maximum atomic E-state index is 11.7. The molecule has 1 amide bonds. The highest BCUT2D eigenvalue weighted by molar-refractivity contribution is 5.80. The minimum Gasteiger partial charge on any atom is -0.357 e. The quantitative estimate of drug-likeness (QED) is 0.398. The van der Waals surface area contributed by atoms with Crippen molar-refractivity contribution in [2.24, 2.45) is 10.9 Å². The van der Waals surface area contributed by atoms with Gasteiger partial charge in [-0.3, -0.25) is 14.7 Å². The lowest BCUT2D eigenvalue weighted by atomic mass is 10.2. The van der Waals surface area contributed by atoms with E-state index in [1.807, 2.05) is 0 Å². The van der Waals surface area contributed by atoms with Gasteiger partial charge in [-0.2, -0.15) is 0 Å². The van der Waals surface area contributed by atoms with E-state index < -0.39 is 0 Å². The topological polar surface area (TPSA) is 60.0 Å². The number of carbonyl (C=O) groups is 1. The van der Waals surface area contributed by atoms with E-state index in [1.54, 1.807) is 0 Å². The Labute approximate surface area is 147 Å². The summed E-state index contributed by atoms with van der Waals surface area (Å²) in [6.07, 6.45) is 3.71. The summed E-state index contributed by atoms with van der Waals surface area (Å²) in [4.78, 5) is 21.3. The van der Waals surface area contributed by atoms with Crippen LogP contribution >= 0.6 is 0 Å². The van der Waals surface area contributed by atoms with Crippen LogP contribution in [0.4, 0.5) is 0 Å². The first-order valence-corrected chi connectivity index (χ1v) is 9.63. The lowest BCUT2D eigenvalue weighted by Crippen LogP contribution is -2.53. The maximum absolute atomic E-state index is 11.7. The van der Waals surface area contributed by atoms with Crippen LogP contribution in [0.3, 0.4) is 0 Å². The van der Waals surface area contributed by atoms with Crippen LogP contribution in [0, 0.1) is 5.92 Å². The molecule has 2 rings (SSSR count). The Morgan fingerprint density at radius 2 is 1.92 bits per heavy atom. The summed E-state index contributed by atoms with van der Waals surface area (Å²) in [5.74, 6) is 1.91. The summed E-state index contributed by atoms with van der Waals surface area (Å²) < 4.78 is 0. The highest BCUT2D eigenvalue weighted by Gasteiger charge is 2.23. The monoisotopic (exact) mass is 337 g/mol. The fourth-order valence-electron chi connectivity index (χ4n) is 3.04. The third-order valence-electron chi connectivity index (χ3n) is 4.40. The average molecular weight is 338 g/mol. The molecule has 0 unspecified atom stereocenters. The van der Waals surface area contributed by atoms with Crippen LogP contribution in [-0.4, -0.2) is 73.5 Å². The number of guanidine groups is 1. The summed E-state index contributed by atoms with van der Waals surface area (Å²) in [6.45, 7) is 13.7. The first-order valence-electron chi connectivity index (χ1n) is 9.63. The van der Waals surface area contributed by atoms with Crippen LogP contribution in [0.1, 0.15) is 46.5 Å². The first kappa shape index (κ1) is 19.0. The van der Waals surface area contributed by atoms with Gasteiger partial charge in [0.05, 0.1) is 0 Å². The zero-order valence-corrected chi connectivity index (χ0v) is 15.7. The van der Waals surface area contributed by atoms with Crippen LogP contribution in [0.15, 0.2) is 4.99 Å². The minimum atomic E-state index is 0.181. The van der Waals surface area contributed by atoms with Gasteiger partial charge in [0.2, 0.25) is 5.91 Å². The van der Waals surface area contributed by atoms with Gasteiger partial charge in [-0.05, 0) is 32.1 Å². The molecular formula is C18H35N5O. The highest BCUT2D eigenvalue weighted by atomic mass is 16.1. The Morgan fingerprint density at radius 3 is 2.50 bits per heavy atom. The van der Waals surface area contributed by atoms with Gasteiger partial charge >= 0.3 is 0 Å². The molecule has 0 atom stereocenters. The Bertz CT molecular complexity index is 412. The zero-order chi connectivity index (χ0) is 17.4. The molecule has 0 aromatic rings. The third-order valence-corrected chi connectivity index (χ3v) is 4.40. The molecule has 0 aromatic heterocycles. The van der Waals surface area contributed by atoms with Crippen LogP contribution in [0.5, 0.6) is 0 Å². The van der Waals surface area contributed by atoms with Crippen LogP contribution in [0.25, 0.3) is 0 Å². The molecule has 6 heteroatoms. The molecule has 2 aliphatic rings. The zero-order valence-electron chi connectivity index (χ0n) is 15.7. The predicted octanol–water partition coefficient (Wildman–Crippen LogP) is 1.28. The van der Waals surface area contributed by atoms with Gasteiger partial charge in [-0.1, -0.05) is 13.8 Å². The molecule has 1 saturated heterocycles. The van der Waals surface area contributed by atoms with Crippen molar-refractivity contribution in [1.29, 1.82) is 0 Å². The molecular weight excluding hydrogens is 302 g/mol. The first-order chi connectivity index (χ1) is 11.6. The highest BCUT2D eigenvalue weighted by Crippen LogP contribution is 2.18. The van der Waals surface area contributed by atoms with E-state index in [0.717, 1.165) is 63.9 Å². The van der Waals surface area contributed by atoms with Gasteiger partial charge in [-0.25, -0.2) is 0 Å². The fraction of sp³-hybridized carbons (Fsp3) is 0.889. The van der Waals surface area contributed by atoms with Gasteiger partial charge in [0.15, 0.2) is 5.96 Å². The van der Waals surface area contributed by atoms with Gasteiger partial charge < -0.3 is 15.5 Å². The van der Waals surface area contributed by atoms with E-state index in [-0.39, 0.29) is 5.91 Å². The van der Waals surface area contributed by atoms with Crippen molar-refractivity contribution in [3.63, 3.8) is 0 Å². The SMILES string of the molecule is CCNC(=NCCCC(=O)NC1CC1)N1CCN(CC(C)C)CC1. The van der Waals surface area contributed by atoms with E-state index in [2.05, 4.69) is 41.2 Å². The number of nitrogens with zero attached hydrogens (tertiary/aromatic N) is 3. The average Bonchev–Trinajstić information content (AvgIpc) is 3.34. The normalized spacial score (nSPS) is 19.7. The van der Waals surface area contributed by atoms with Crippen LogP contribution < -0.4 is 10.6 Å². The lowest BCUT2D eigenvalue weighted by molar-refractivity contribution is -0.121. The molecule has 2 N–H and O–H groups in total. The molecule has 1 heterocycles. The minimum absolute atomic E-state index is 0.181. The number of carbonyl (C=O) groups excluding carboxylic acids is 1. The van der Waals surface area contributed by atoms with Crippen molar-refractivity contribution in [3.8, 4) is 0 Å². The van der Waals surface area contributed by atoms with Crippen molar-refractivity contribution in [3.05, 3.63) is 0 Å². The van der Waals surface area contributed by atoms with Gasteiger partial charge in [0.1, 0.15) is 0 Å². The predicted molar refractivity (Wildman–Crippen MR) is 99.2 cm³/mol. The fourth-order valence-corrected chi connectivity index (χ4v) is 3.04. The molecule has 0 spiro atoms. The summed E-state index contributed by atoms with van der Waals surface area (Å²) >= 11 is 0. The number of aliphatic imine (C=N–C) groups is 1. The maximum Gasteiger partial charge on any atom is 0.220 e. The molecule has 2 fully saturated rings. The molecule has 0 bridgehead atoms. The number of amides is 1. The molecule has 0 radical (unpaired) electrons. The Hall–Kier alpha value is -1.30. The molecule has 1 saturated carbocycles. The van der Waals surface area contributed by atoms with E-state index >= 15 is 0 Å². The largest absolute Gasteiger partial charge is 0.357 e. The number of piperazine rings is 1. The summed E-state index contributed by atoms with van der Waals surface area (Å²) in [5, 5.41) is 6.43. The van der Waals surface area contributed by atoms with Gasteiger partial charge in [-0.15, -0.1) is 0 Å². The second-order valence-corrected chi connectivity index (χ2v) is 7.36. The van der Waals surface area contributed by atoms with Gasteiger partial charge in [0.25, 0.3) is 0 Å². The van der Waals surface area contributed by atoms with E-state index in [1.165, 1.54) is 6.54 Å². The number of rotatable bonds is 8. The van der Waals surface area contributed by atoms with Gasteiger partial charge in [0, 0.05) is 58.3 Å². The molecule has 1 aliphatic heterocycles. The van der Waals surface area contributed by atoms with Crippen LogP contribution in [0.2, 0.25) is 0 Å². The molecule has 0 aromatic carbocycles. The molecule has 6 nitrogen and oxygen atoms in total. The smallest absolute Gasteiger partial charge is 0.220 e. The Morgan fingerprint density at radius 1 is 1.21 bits per heavy atom. The lowest BCUT2D eigenvalue weighted by Gasteiger charge is -2.37. The second-order valence-electron chi connectivity index (χ2n) is 7.36. The van der Waals surface area contributed by atoms with Crippen molar-refractivity contribution >= 4 is 11.9 Å². The van der Waals surface area contributed by atoms with E-state index in [4.69, 9.17) is 4.99 Å². The van der Waals surface area contributed by atoms with Crippen molar-refractivity contribution in [2.75, 3.05) is 45.8 Å². The number of hydrogen-bond donors (Lipinski definition) is 2. The Balaban J connectivity index is 1.70. The number of hydrogen-bond acceptors (Lipinski definition) is 3. The Kier molecular flexibility index (Phi) is 7.82. The molecule has 1 aliphatic carbocycles. The summed E-state index contributed by atoms with van der Waals surface area (Å²) in [6, 6.07) is 0.459. The third kappa shape index (κ3) is 7.07. The summed E-state index contributed by atoms with van der Waals surface area (Å²) in [5.41, 5.74) is 0. The molecule has 24 heavy (non-hydrogen) atoms. The summed E-state index contributed by atoms with van der Waals surface area (Å²) in [7, 11) is 0. The number of nitrogens with one attached hydrogen (secondary N) is 2. The van der Waals surface area contributed by atoms with E-state index in [9.17, 15) is 4.79 Å². The van der Waals surface area contributed by atoms with Crippen LogP contribution in [-0.2, 0) is 4.79 Å². The second kappa shape index (κ2) is 9.87. The van der Waals surface area contributed by atoms with Crippen molar-refractivity contribution in [2.45, 2.75) is 52.5 Å². The van der Waals surface area contributed by atoms with Crippen molar-refractivity contribution in [1.82, 2.24) is 20.4 Å². The van der Waals surface area contributed by atoms with E-state index in [0.29, 0.717) is 19.0 Å². The van der Waals surface area contributed by atoms with Crippen molar-refractivity contribution < 1.29 is 4.79 Å². The standard InChI is InChI=1S/C18H35N5O/c1-4-19-18(20-9-5-6-17(24)21-16-7-8-16)23-12-10-22(11-13-23)14-15(2)3/h15-16H,4-14H2,1-3H3,(H,19,20)(H,21,24).